The fourth-order valence-electron chi connectivity index (χ4n) is 4.91. The third-order valence-corrected chi connectivity index (χ3v) is 6.64. The minimum absolute atomic E-state index is 0.0362. The summed E-state index contributed by atoms with van der Waals surface area (Å²) in [6.07, 6.45) is 0. The molecule has 7 aromatic rings. The lowest BCUT2D eigenvalue weighted by Gasteiger charge is -2.20. The first kappa shape index (κ1) is 12.1. The molecule has 2 heterocycles. The fraction of sp³-hybridized carbons (Fsp3) is 0.118. The molecule has 36 heavy (non-hydrogen) atoms. The smallest absolute Gasteiger partial charge is 0.0645 e. The first-order chi connectivity index (χ1) is 22.5. The molecular formula is C34H28N2. The summed E-state index contributed by atoms with van der Waals surface area (Å²) >= 11 is 0. The SMILES string of the molecule is [2H]c1c([2H])c([2H])c2c(c1[2H])c1cc(-n3c4c([2H])c([2H])c([2H])c([2H])c4c4c([2H])c([2H])c([2H])c([2H])c43)ccc1n2-c1cccc(C(C)(C)C)c1. The second-order valence-corrected chi connectivity index (χ2v) is 9.84. The van der Waals surface area contributed by atoms with Crippen LogP contribution in [0.1, 0.15) is 42.8 Å². The number of para-hydroxylation sites is 3. The van der Waals surface area contributed by atoms with Gasteiger partial charge in [0.2, 0.25) is 0 Å². The van der Waals surface area contributed by atoms with Gasteiger partial charge >= 0.3 is 0 Å². The quantitative estimate of drug-likeness (QED) is 0.235. The van der Waals surface area contributed by atoms with Gasteiger partial charge in [0, 0.05) is 32.9 Å². The molecular weight excluding hydrogens is 436 g/mol. The summed E-state index contributed by atoms with van der Waals surface area (Å²) in [5.41, 5.74) is 2.50. The highest BCUT2D eigenvalue weighted by molar-refractivity contribution is 6.12. The van der Waals surface area contributed by atoms with E-state index in [4.69, 9.17) is 16.4 Å². The van der Waals surface area contributed by atoms with Crippen LogP contribution in [0.3, 0.4) is 0 Å². The van der Waals surface area contributed by atoms with Gasteiger partial charge in [-0.3, -0.25) is 0 Å². The number of benzene rings is 5. The summed E-state index contributed by atoms with van der Waals surface area (Å²) in [7, 11) is 0. The zero-order chi connectivity index (χ0) is 34.9. The van der Waals surface area contributed by atoms with Crippen molar-refractivity contribution in [3.8, 4) is 11.4 Å². The van der Waals surface area contributed by atoms with E-state index in [1.807, 2.05) is 24.3 Å². The molecule has 0 aliphatic heterocycles. The molecule has 5 aromatic carbocycles. The van der Waals surface area contributed by atoms with Crippen LogP contribution in [0, 0.1) is 0 Å². The molecule has 0 aliphatic carbocycles. The van der Waals surface area contributed by atoms with Crippen LogP contribution in [0.5, 0.6) is 0 Å². The Morgan fingerprint density at radius 1 is 0.528 bits per heavy atom. The molecule has 0 bridgehead atoms. The highest BCUT2D eigenvalue weighted by Gasteiger charge is 2.18. The number of nitrogens with zero attached hydrogens (tertiary/aromatic N) is 2. The van der Waals surface area contributed by atoms with E-state index in [2.05, 4.69) is 20.8 Å². The molecule has 0 saturated carbocycles. The third-order valence-electron chi connectivity index (χ3n) is 6.64. The monoisotopic (exact) mass is 476 g/mol. The molecule has 7 rings (SSSR count). The number of aromatic nitrogens is 2. The van der Waals surface area contributed by atoms with E-state index in [-0.39, 0.29) is 55.9 Å². The molecule has 0 N–H and O–H groups in total. The maximum atomic E-state index is 8.95. The van der Waals surface area contributed by atoms with Crippen LogP contribution in [-0.4, -0.2) is 9.13 Å². The van der Waals surface area contributed by atoms with E-state index >= 15 is 0 Å². The zero-order valence-electron chi connectivity index (χ0n) is 31.9. The van der Waals surface area contributed by atoms with Crippen molar-refractivity contribution >= 4 is 43.6 Å². The van der Waals surface area contributed by atoms with Crippen LogP contribution < -0.4 is 0 Å². The number of hydrogen-bond acceptors (Lipinski definition) is 0. The molecule has 2 heteroatoms. The van der Waals surface area contributed by atoms with E-state index in [0.717, 1.165) is 5.56 Å². The highest BCUT2D eigenvalue weighted by atomic mass is 15.0. The maximum Gasteiger partial charge on any atom is 0.0645 e. The molecule has 0 fully saturated rings. The van der Waals surface area contributed by atoms with Gasteiger partial charge in [-0.1, -0.05) is 87.3 Å². The predicted molar refractivity (Wildman–Crippen MR) is 154 cm³/mol. The molecule has 174 valence electrons. The summed E-state index contributed by atoms with van der Waals surface area (Å²) in [6, 6.07) is 7.59. The van der Waals surface area contributed by atoms with Crippen LogP contribution in [0.25, 0.3) is 55.0 Å². The molecule has 0 amide bonds. The Labute approximate surface area is 227 Å². The van der Waals surface area contributed by atoms with E-state index in [0.29, 0.717) is 16.6 Å². The lowest BCUT2D eigenvalue weighted by Crippen LogP contribution is -2.11. The van der Waals surface area contributed by atoms with Gasteiger partial charge < -0.3 is 9.13 Å². The second kappa shape index (κ2) is 7.60. The summed E-state index contributed by atoms with van der Waals surface area (Å²) in [6.45, 7) is 6.23. The van der Waals surface area contributed by atoms with Crippen molar-refractivity contribution in [3.05, 3.63) is 121 Å². The standard InChI is InChI=1S/C34H28N2/c1-34(2,3)23-11-10-12-24(21-23)35-32-18-9-6-15-28(32)29-22-25(19-20-33(29)35)36-30-16-7-4-13-26(30)27-14-5-8-17-31(27)36/h4-22H,1-3H3/i4D,5D,6D,7D,8D,9D,13D,14D,15D,16D,17D,18D. The topological polar surface area (TPSA) is 9.86 Å². The minimum atomic E-state index is -0.536. The second-order valence-electron chi connectivity index (χ2n) is 9.84. The number of fused-ring (bicyclic) bond motifs is 6. The highest BCUT2D eigenvalue weighted by Crippen LogP contribution is 2.37. The lowest BCUT2D eigenvalue weighted by atomic mass is 9.87. The van der Waals surface area contributed by atoms with E-state index < -0.39 is 60.4 Å². The van der Waals surface area contributed by atoms with Gasteiger partial charge in [0.1, 0.15) is 0 Å². The van der Waals surface area contributed by atoms with Crippen molar-refractivity contribution in [2.45, 2.75) is 26.2 Å². The van der Waals surface area contributed by atoms with Gasteiger partial charge in [-0.15, -0.1) is 0 Å². The Balaban J connectivity index is 1.70. The van der Waals surface area contributed by atoms with Crippen molar-refractivity contribution in [2.75, 3.05) is 0 Å². The van der Waals surface area contributed by atoms with Gasteiger partial charge in [-0.25, -0.2) is 0 Å². The Bertz CT molecular complexity index is 2500. The first-order valence-electron chi connectivity index (χ1n) is 17.7. The minimum Gasteiger partial charge on any atom is -0.309 e. The molecule has 0 atom stereocenters. The van der Waals surface area contributed by atoms with Crippen LogP contribution in [0.4, 0.5) is 0 Å². The van der Waals surface area contributed by atoms with Gasteiger partial charge in [-0.2, -0.15) is 0 Å². The predicted octanol–water partition coefficient (Wildman–Crippen LogP) is 9.18. The van der Waals surface area contributed by atoms with Crippen LogP contribution >= 0.6 is 0 Å². The van der Waals surface area contributed by atoms with E-state index in [1.165, 1.54) is 4.57 Å². The van der Waals surface area contributed by atoms with Crippen molar-refractivity contribution in [2.24, 2.45) is 0 Å². The van der Waals surface area contributed by atoms with Crippen molar-refractivity contribution < 1.29 is 16.4 Å². The average Bonchev–Trinajstić information content (AvgIpc) is 3.60. The van der Waals surface area contributed by atoms with Crippen LogP contribution in [-0.2, 0) is 5.41 Å². The summed E-state index contributed by atoms with van der Waals surface area (Å²) in [5.74, 6) is 0. The molecule has 0 saturated heterocycles. The zero-order valence-corrected chi connectivity index (χ0v) is 19.9. The molecule has 2 aromatic heterocycles. The Kier molecular flexibility index (Phi) is 2.55. The molecule has 0 radical (unpaired) electrons. The Morgan fingerprint density at radius 2 is 1.03 bits per heavy atom. The van der Waals surface area contributed by atoms with Gasteiger partial charge in [-0.05, 0) is 59.4 Å². The number of rotatable bonds is 2. The van der Waals surface area contributed by atoms with Crippen LogP contribution in [0.2, 0.25) is 0 Å². The van der Waals surface area contributed by atoms with Crippen molar-refractivity contribution in [1.82, 2.24) is 9.13 Å². The summed E-state index contributed by atoms with van der Waals surface area (Å²) < 4.78 is 107. The lowest BCUT2D eigenvalue weighted by molar-refractivity contribution is 0.590. The normalized spacial score (nSPS) is 17.0. The summed E-state index contributed by atoms with van der Waals surface area (Å²) in [4.78, 5) is 0. The van der Waals surface area contributed by atoms with Crippen molar-refractivity contribution in [3.63, 3.8) is 0 Å². The molecule has 0 spiro atoms. The van der Waals surface area contributed by atoms with Crippen molar-refractivity contribution in [1.29, 1.82) is 0 Å². The van der Waals surface area contributed by atoms with E-state index in [1.54, 1.807) is 22.8 Å². The molecule has 0 aliphatic rings. The third kappa shape index (κ3) is 3.04. The number of hydrogen-bond donors (Lipinski definition) is 0. The van der Waals surface area contributed by atoms with E-state index in [9.17, 15) is 0 Å². The first-order valence-corrected chi connectivity index (χ1v) is 11.7. The maximum absolute atomic E-state index is 8.95. The largest absolute Gasteiger partial charge is 0.309 e. The molecule has 0 unspecified atom stereocenters. The Morgan fingerprint density at radius 3 is 1.61 bits per heavy atom. The van der Waals surface area contributed by atoms with Crippen LogP contribution in [0.15, 0.2) is 115 Å². The summed E-state index contributed by atoms with van der Waals surface area (Å²) in [5, 5.41) is 0.564. The Hall–Kier alpha value is -4.30. The van der Waals surface area contributed by atoms with Gasteiger partial charge in [0.15, 0.2) is 0 Å². The fourth-order valence-corrected chi connectivity index (χ4v) is 4.91. The molecule has 2 nitrogen and oxygen atoms in total. The average molecular weight is 477 g/mol. The van der Waals surface area contributed by atoms with Gasteiger partial charge in [0.25, 0.3) is 0 Å². The van der Waals surface area contributed by atoms with Gasteiger partial charge in [0.05, 0.1) is 38.5 Å².